The summed E-state index contributed by atoms with van der Waals surface area (Å²) >= 11 is 4.97. The summed E-state index contributed by atoms with van der Waals surface area (Å²) in [7, 11) is 0. The van der Waals surface area contributed by atoms with Crippen molar-refractivity contribution in [2.75, 3.05) is 5.88 Å². The van der Waals surface area contributed by atoms with E-state index in [0.717, 1.165) is 12.7 Å². The number of ether oxygens (including phenoxy) is 1. The zero-order chi connectivity index (χ0) is 10.5. The Hall–Kier alpha value is -0.710. The van der Waals surface area contributed by atoms with Gasteiger partial charge in [-0.15, -0.1) is 11.6 Å². The molecule has 0 spiro atoms. The molecule has 0 rings (SSSR count). The van der Waals surface area contributed by atoms with Crippen LogP contribution in [0.3, 0.4) is 0 Å². The second kappa shape index (κ2) is 5.11. The highest BCUT2D eigenvalue weighted by molar-refractivity contribution is 6.19. The van der Waals surface area contributed by atoms with Gasteiger partial charge in [0.05, 0.1) is 0 Å². The maximum Gasteiger partial charge on any atom is 0.403 e. The Kier molecular flexibility index (Phi) is 4.83. The van der Waals surface area contributed by atoms with Crippen LogP contribution in [0.15, 0.2) is 12.7 Å². The van der Waals surface area contributed by atoms with Gasteiger partial charge in [0.1, 0.15) is 0 Å². The van der Waals surface area contributed by atoms with Crippen LogP contribution in [-0.2, 0) is 9.53 Å². The van der Waals surface area contributed by atoms with Gasteiger partial charge < -0.3 is 4.74 Å². The summed E-state index contributed by atoms with van der Waals surface area (Å²) in [5.41, 5.74) is 0. The number of carbonyl (C=O) groups excluding carboxylic acids is 1. The minimum Gasteiger partial charge on any atom is -0.453 e. The van der Waals surface area contributed by atoms with E-state index in [9.17, 15) is 18.0 Å². The molecule has 0 aromatic carbocycles. The van der Waals surface area contributed by atoms with Gasteiger partial charge in [-0.05, 0) is 6.08 Å². The minimum absolute atomic E-state index is 0.771. The molecule has 0 saturated carbocycles. The van der Waals surface area contributed by atoms with Gasteiger partial charge >= 0.3 is 12.1 Å². The normalized spacial score (nSPS) is 13.5. The molecule has 1 unspecified atom stereocenters. The second-order valence-corrected chi connectivity index (χ2v) is 2.37. The maximum absolute atomic E-state index is 12.0. The van der Waals surface area contributed by atoms with Gasteiger partial charge in [-0.1, -0.05) is 6.58 Å². The third kappa shape index (κ3) is 4.17. The first-order valence-electron chi connectivity index (χ1n) is 3.21. The van der Waals surface area contributed by atoms with E-state index in [1.807, 2.05) is 0 Å². The molecule has 2 nitrogen and oxygen atoms in total. The molecule has 75 valence electrons. The van der Waals surface area contributed by atoms with Crippen LogP contribution in [0, 0.1) is 12.5 Å². The quantitative estimate of drug-likeness (QED) is 0.531. The first kappa shape index (κ1) is 12.3. The highest BCUT2D eigenvalue weighted by Gasteiger charge is 2.45. The van der Waals surface area contributed by atoms with Crippen LogP contribution in [0.5, 0.6) is 0 Å². The lowest BCUT2D eigenvalue weighted by atomic mass is 10.2. The molecule has 0 aromatic heterocycles. The first-order chi connectivity index (χ1) is 5.93. The minimum atomic E-state index is -4.67. The smallest absolute Gasteiger partial charge is 0.403 e. The Morgan fingerprint density at radius 3 is 2.46 bits per heavy atom. The van der Waals surface area contributed by atoms with Gasteiger partial charge in [-0.25, -0.2) is 0 Å². The SMILES string of the molecule is C=C[CH]OC(=O)C(CCl)C(F)(F)F. The van der Waals surface area contributed by atoms with Crippen LogP contribution in [0.1, 0.15) is 0 Å². The summed E-state index contributed by atoms with van der Waals surface area (Å²) in [6.45, 7) is 3.90. The Morgan fingerprint density at radius 1 is 1.62 bits per heavy atom. The van der Waals surface area contributed by atoms with Crippen LogP contribution < -0.4 is 0 Å². The molecule has 0 amide bonds. The van der Waals surface area contributed by atoms with Crippen molar-refractivity contribution in [3.05, 3.63) is 19.3 Å². The fourth-order valence-electron chi connectivity index (χ4n) is 0.481. The maximum atomic E-state index is 12.0. The molecule has 6 heteroatoms. The fourth-order valence-corrected chi connectivity index (χ4v) is 0.782. The predicted octanol–water partition coefficient (Wildman–Crippen LogP) is 2.29. The predicted molar refractivity (Wildman–Crippen MR) is 40.9 cm³/mol. The standard InChI is InChI=1S/C7H7ClF3O2/c1-2-3-13-6(12)5(4-8)7(9,10)11/h2-3,5H,1,4H2. The zero-order valence-corrected chi connectivity index (χ0v) is 7.23. The third-order valence-corrected chi connectivity index (χ3v) is 1.42. The molecule has 0 N–H and O–H groups in total. The molecule has 13 heavy (non-hydrogen) atoms. The van der Waals surface area contributed by atoms with E-state index in [4.69, 9.17) is 11.6 Å². The van der Waals surface area contributed by atoms with Gasteiger partial charge in [0.15, 0.2) is 12.5 Å². The van der Waals surface area contributed by atoms with E-state index in [2.05, 4.69) is 11.3 Å². The van der Waals surface area contributed by atoms with Crippen LogP contribution in [0.25, 0.3) is 0 Å². The van der Waals surface area contributed by atoms with Crippen molar-refractivity contribution in [3.63, 3.8) is 0 Å². The highest BCUT2D eigenvalue weighted by Crippen LogP contribution is 2.28. The van der Waals surface area contributed by atoms with E-state index < -0.39 is 23.9 Å². The summed E-state index contributed by atoms with van der Waals surface area (Å²) in [5, 5.41) is 0. The topological polar surface area (TPSA) is 26.3 Å². The van der Waals surface area contributed by atoms with Crippen molar-refractivity contribution in [1.29, 1.82) is 0 Å². The zero-order valence-electron chi connectivity index (χ0n) is 6.47. The number of halogens is 4. The van der Waals surface area contributed by atoms with Gasteiger partial charge in [0.25, 0.3) is 0 Å². The lowest BCUT2D eigenvalue weighted by Gasteiger charge is -2.15. The molecule has 0 aliphatic rings. The molecule has 0 saturated heterocycles. The van der Waals surface area contributed by atoms with E-state index in [1.165, 1.54) is 0 Å². The Bertz CT molecular complexity index is 191. The van der Waals surface area contributed by atoms with E-state index in [-0.39, 0.29) is 0 Å². The van der Waals surface area contributed by atoms with Gasteiger partial charge in [0, 0.05) is 5.88 Å². The summed E-state index contributed by atoms with van der Waals surface area (Å²) in [5.74, 6) is -4.57. The molecule has 0 heterocycles. The van der Waals surface area contributed by atoms with Gasteiger partial charge in [-0.2, -0.15) is 13.2 Å². The average Bonchev–Trinajstić information content (AvgIpc) is 1.99. The summed E-state index contributed by atoms with van der Waals surface area (Å²) in [6, 6.07) is 0. The van der Waals surface area contributed by atoms with Gasteiger partial charge in [-0.3, -0.25) is 4.79 Å². The Labute approximate surface area is 78.3 Å². The van der Waals surface area contributed by atoms with Crippen LogP contribution in [0.4, 0.5) is 13.2 Å². The largest absolute Gasteiger partial charge is 0.453 e. The van der Waals surface area contributed by atoms with Crippen molar-refractivity contribution in [1.82, 2.24) is 0 Å². The Balaban J connectivity index is 4.24. The average molecular weight is 216 g/mol. The number of esters is 1. The monoisotopic (exact) mass is 215 g/mol. The molecular formula is C7H7ClF3O2. The van der Waals surface area contributed by atoms with Crippen LogP contribution in [-0.4, -0.2) is 18.0 Å². The number of hydrogen-bond donors (Lipinski definition) is 0. The van der Waals surface area contributed by atoms with E-state index in [0.29, 0.717) is 0 Å². The van der Waals surface area contributed by atoms with Crippen molar-refractivity contribution in [3.8, 4) is 0 Å². The molecule has 0 fully saturated rings. The fraction of sp³-hybridized carbons (Fsp3) is 0.429. The number of carbonyl (C=O) groups is 1. The molecule has 0 aromatic rings. The van der Waals surface area contributed by atoms with Gasteiger partial charge in [0.2, 0.25) is 0 Å². The molecule has 1 atom stereocenters. The van der Waals surface area contributed by atoms with Crippen LogP contribution >= 0.6 is 11.6 Å². The lowest BCUT2D eigenvalue weighted by molar-refractivity contribution is -0.190. The van der Waals surface area contributed by atoms with E-state index >= 15 is 0 Å². The van der Waals surface area contributed by atoms with Crippen molar-refractivity contribution >= 4 is 17.6 Å². The molecule has 0 bridgehead atoms. The lowest BCUT2D eigenvalue weighted by Crippen LogP contribution is -2.33. The van der Waals surface area contributed by atoms with Crippen molar-refractivity contribution in [2.24, 2.45) is 5.92 Å². The number of rotatable bonds is 4. The molecule has 0 aliphatic carbocycles. The molecular weight excluding hydrogens is 209 g/mol. The second-order valence-electron chi connectivity index (χ2n) is 2.06. The molecule has 1 radical (unpaired) electrons. The Morgan fingerprint density at radius 2 is 2.15 bits per heavy atom. The number of hydrogen-bond acceptors (Lipinski definition) is 2. The molecule has 0 aliphatic heterocycles. The van der Waals surface area contributed by atoms with E-state index in [1.54, 1.807) is 0 Å². The number of alkyl halides is 4. The summed E-state index contributed by atoms with van der Waals surface area (Å²) < 4.78 is 40.0. The summed E-state index contributed by atoms with van der Waals surface area (Å²) in [6.07, 6.45) is -3.62. The van der Waals surface area contributed by atoms with Crippen molar-refractivity contribution in [2.45, 2.75) is 6.18 Å². The first-order valence-corrected chi connectivity index (χ1v) is 3.74. The van der Waals surface area contributed by atoms with Crippen molar-refractivity contribution < 1.29 is 22.7 Å². The summed E-state index contributed by atoms with van der Waals surface area (Å²) in [4.78, 5) is 10.7. The highest BCUT2D eigenvalue weighted by atomic mass is 35.5. The third-order valence-electron chi connectivity index (χ3n) is 1.11. The van der Waals surface area contributed by atoms with Crippen LogP contribution in [0.2, 0.25) is 0 Å².